The number of nitrogens with zero attached hydrogens (tertiary/aromatic N) is 1. The van der Waals surface area contributed by atoms with Gasteiger partial charge in [-0.15, -0.1) is 4.91 Å². The van der Waals surface area contributed by atoms with Gasteiger partial charge in [0.05, 0.1) is 5.02 Å². The predicted octanol–water partition coefficient (Wildman–Crippen LogP) is 2.46. The van der Waals surface area contributed by atoms with Gasteiger partial charge in [0.1, 0.15) is 11.5 Å². The largest absolute Gasteiger partial charge is 0.506 e. The van der Waals surface area contributed by atoms with E-state index in [1.54, 1.807) is 0 Å². The highest BCUT2D eigenvalue weighted by molar-refractivity contribution is 6.33. The first-order valence-corrected chi connectivity index (χ1v) is 3.50. The van der Waals surface area contributed by atoms with Crippen LogP contribution in [0.4, 0.5) is 5.69 Å². The van der Waals surface area contributed by atoms with Crippen molar-refractivity contribution in [3.63, 3.8) is 0 Å². The number of hydrogen-bond acceptors (Lipinski definition) is 4. The molecule has 1 aromatic rings. The molecule has 0 saturated carbocycles. The van der Waals surface area contributed by atoms with Crippen molar-refractivity contribution in [2.24, 2.45) is 5.18 Å². The molecule has 12 heavy (non-hydrogen) atoms. The van der Waals surface area contributed by atoms with E-state index >= 15 is 0 Å². The number of halogens is 1. The van der Waals surface area contributed by atoms with Crippen LogP contribution in [0.2, 0.25) is 5.02 Å². The van der Waals surface area contributed by atoms with E-state index in [0.29, 0.717) is 0 Å². The van der Waals surface area contributed by atoms with Gasteiger partial charge in [-0.1, -0.05) is 11.6 Å². The van der Waals surface area contributed by atoms with Crippen LogP contribution in [0.5, 0.6) is 11.5 Å². The molecule has 0 saturated heterocycles. The van der Waals surface area contributed by atoms with Gasteiger partial charge in [0.2, 0.25) is 0 Å². The monoisotopic (exact) mass is 187 g/mol. The first-order valence-electron chi connectivity index (χ1n) is 3.12. The second kappa shape index (κ2) is 2.98. The van der Waals surface area contributed by atoms with Crippen molar-refractivity contribution >= 4 is 17.3 Å². The minimum Gasteiger partial charge on any atom is -0.506 e. The average Bonchev–Trinajstić information content (AvgIpc) is 2.01. The molecule has 1 aromatic carbocycles. The summed E-state index contributed by atoms with van der Waals surface area (Å²) in [4.78, 5) is 10.2. The standard InChI is InChI=1S/C7H6ClNO3/c1-3-6(8)4(10)2-5(11)7(3)9-12/h2,10-11H,1H3. The van der Waals surface area contributed by atoms with Crippen LogP contribution in [0.25, 0.3) is 0 Å². The quantitative estimate of drug-likeness (QED) is 0.664. The van der Waals surface area contributed by atoms with Crippen molar-refractivity contribution in [2.45, 2.75) is 6.92 Å². The number of rotatable bonds is 1. The summed E-state index contributed by atoms with van der Waals surface area (Å²) < 4.78 is 0. The van der Waals surface area contributed by atoms with Crippen molar-refractivity contribution in [3.05, 3.63) is 21.6 Å². The van der Waals surface area contributed by atoms with Crippen LogP contribution < -0.4 is 0 Å². The number of benzene rings is 1. The summed E-state index contributed by atoms with van der Waals surface area (Å²) in [6.07, 6.45) is 0. The van der Waals surface area contributed by atoms with E-state index in [9.17, 15) is 4.91 Å². The van der Waals surface area contributed by atoms with Crippen LogP contribution in [0, 0.1) is 11.8 Å². The Bertz CT molecular complexity index is 338. The molecule has 0 bridgehead atoms. The summed E-state index contributed by atoms with van der Waals surface area (Å²) in [7, 11) is 0. The van der Waals surface area contributed by atoms with E-state index in [1.807, 2.05) is 0 Å². The lowest BCUT2D eigenvalue weighted by molar-refractivity contribution is 0.451. The molecule has 5 heteroatoms. The summed E-state index contributed by atoms with van der Waals surface area (Å²) in [6, 6.07) is 0.978. The first-order chi connectivity index (χ1) is 5.57. The first kappa shape index (κ1) is 8.80. The Morgan fingerprint density at radius 1 is 1.42 bits per heavy atom. The molecule has 4 nitrogen and oxygen atoms in total. The van der Waals surface area contributed by atoms with Gasteiger partial charge in [-0.05, 0) is 12.1 Å². The third kappa shape index (κ3) is 1.21. The Balaban J connectivity index is 3.51. The molecule has 0 fully saturated rings. The Hall–Kier alpha value is -1.29. The fourth-order valence-corrected chi connectivity index (χ4v) is 1.01. The molecule has 1 rings (SSSR count). The molecule has 0 amide bonds. The van der Waals surface area contributed by atoms with Crippen molar-refractivity contribution in [3.8, 4) is 11.5 Å². The SMILES string of the molecule is Cc1c(Cl)c(O)cc(O)c1N=O. The zero-order valence-electron chi connectivity index (χ0n) is 6.21. The molecular formula is C7H6ClNO3. The van der Waals surface area contributed by atoms with Gasteiger partial charge >= 0.3 is 0 Å². The number of hydrogen-bond donors (Lipinski definition) is 2. The minimum atomic E-state index is -0.371. The van der Waals surface area contributed by atoms with Gasteiger partial charge in [0.15, 0.2) is 5.69 Å². The molecule has 64 valence electrons. The zero-order valence-corrected chi connectivity index (χ0v) is 6.96. The lowest BCUT2D eigenvalue weighted by Crippen LogP contribution is -1.79. The van der Waals surface area contributed by atoms with E-state index in [0.717, 1.165) is 6.07 Å². The number of aromatic hydroxyl groups is 2. The van der Waals surface area contributed by atoms with Crippen LogP contribution in [0.15, 0.2) is 11.2 Å². The summed E-state index contributed by atoms with van der Waals surface area (Å²) in [5.41, 5.74) is 0.127. The molecule has 0 aromatic heterocycles. The Kier molecular flexibility index (Phi) is 2.19. The minimum absolute atomic E-state index is 0.0300. The second-order valence-corrected chi connectivity index (χ2v) is 2.67. The van der Waals surface area contributed by atoms with Gasteiger partial charge < -0.3 is 10.2 Å². The molecule has 0 atom stereocenters. The van der Waals surface area contributed by atoms with Crippen molar-refractivity contribution in [1.29, 1.82) is 0 Å². The molecule has 2 N–H and O–H groups in total. The van der Waals surface area contributed by atoms with Gasteiger partial charge in [0, 0.05) is 11.6 Å². The normalized spacial score (nSPS) is 9.83. The van der Waals surface area contributed by atoms with E-state index in [2.05, 4.69) is 5.18 Å². The van der Waals surface area contributed by atoms with Gasteiger partial charge in [-0.2, -0.15) is 0 Å². The van der Waals surface area contributed by atoms with Gasteiger partial charge in [0.25, 0.3) is 0 Å². The van der Waals surface area contributed by atoms with E-state index in [1.165, 1.54) is 6.92 Å². The summed E-state index contributed by atoms with van der Waals surface area (Å²) >= 11 is 5.57. The highest BCUT2D eigenvalue weighted by Crippen LogP contribution is 2.40. The lowest BCUT2D eigenvalue weighted by Gasteiger charge is -2.04. The third-order valence-electron chi connectivity index (χ3n) is 1.52. The van der Waals surface area contributed by atoms with Crippen LogP contribution in [-0.4, -0.2) is 10.2 Å². The number of nitroso groups, excluding NO2 is 1. The topological polar surface area (TPSA) is 69.9 Å². The molecule has 0 aliphatic carbocycles. The molecule has 0 unspecified atom stereocenters. The maximum Gasteiger partial charge on any atom is 0.154 e. The van der Waals surface area contributed by atoms with E-state index < -0.39 is 0 Å². The van der Waals surface area contributed by atoms with E-state index in [4.69, 9.17) is 21.8 Å². The third-order valence-corrected chi connectivity index (χ3v) is 1.99. The zero-order chi connectivity index (χ0) is 9.30. The molecule has 0 aliphatic heterocycles. The predicted molar refractivity (Wildman–Crippen MR) is 45.0 cm³/mol. The summed E-state index contributed by atoms with van der Waals surface area (Å²) in [5.74, 6) is -0.636. The molecule has 0 spiro atoms. The molecule has 0 heterocycles. The summed E-state index contributed by atoms with van der Waals surface area (Å²) in [6.45, 7) is 1.48. The fraction of sp³-hybridized carbons (Fsp3) is 0.143. The fourth-order valence-electron chi connectivity index (χ4n) is 0.865. The van der Waals surface area contributed by atoms with Gasteiger partial charge in [-0.3, -0.25) is 0 Å². The van der Waals surface area contributed by atoms with Crippen LogP contribution in [0.3, 0.4) is 0 Å². The maximum absolute atomic E-state index is 10.2. The maximum atomic E-state index is 10.2. The lowest BCUT2D eigenvalue weighted by atomic mass is 10.2. The average molecular weight is 188 g/mol. The Labute approximate surface area is 73.4 Å². The molecule has 0 aliphatic rings. The highest BCUT2D eigenvalue weighted by atomic mass is 35.5. The summed E-state index contributed by atoms with van der Waals surface area (Å²) in [5, 5.41) is 20.8. The van der Waals surface area contributed by atoms with Crippen molar-refractivity contribution in [2.75, 3.05) is 0 Å². The Morgan fingerprint density at radius 2 is 2.00 bits per heavy atom. The molecule has 0 radical (unpaired) electrons. The Morgan fingerprint density at radius 3 is 2.50 bits per heavy atom. The molecular weight excluding hydrogens is 182 g/mol. The van der Waals surface area contributed by atoms with Gasteiger partial charge in [-0.25, -0.2) is 0 Å². The number of phenolic OH excluding ortho intramolecular Hbond substituents is 2. The highest BCUT2D eigenvalue weighted by Gasteiger charge is 2.12. The van der Waals surface area contributed by atoms with Crippen LogP contribution >= 0.6 is 11.6 Å². The van der Waals surface area contributed by atoms with Crippen molar-refractivity contribution < 1.29 is 10.2 Å². The second-order valence-electron chi connectivity index (χ2n) is 2.29. The van der Waals surface area contributed by atoms with Crippen LogP contribution in [0.1, 0.15) is 5.56 Å². The smallest absolute Gasteiger partial charge is 0.154 e. The van der Waals surface area contributed by atoms with E-state index in [-0.39, 0.29) is 27.8 Å². The number of phenols is 2. The van der Waals surface area contributed by atoms with Crippen LogP contribution in [-0.2, 0) is 0 Å². The van der Waals surface area contributed by atoms with Crippen molar-refractivity contribution in [1.82, 2.24) is 0 Å².